The summed E-state index contributed by atoms with van der Waals surface area (Å²) in [5, 5.41) is 0. The van der Waals surface area contributed by atoms with E-state index < -0.39 is 11.7 Å². The molecule has 1 amide bonds. The van der Waals surface area contributed by atoms with Crippen LogP contribution >= 0.6 is 11.8 Å². The van der Waals surface area contributed by atoms with E-state index in [0.717, 1.165) is 17.9 Å². The summed E-state index contributed by atoms with van der Waals surface area (Å²) >= 11 is 1.61. The molecule has 1 atom stereocenters. The van der Waals surface area contributed by atoms with Crippen LogP contribution in [0.3, 0.4) is 0 Å². The van der Waals surface area contributed by atoms with Crippen molar-refractivity contribution >= 4 is 17.7 Å². The maximum Gasteiger partial charge on any atom is 0.416 e. The molecule has 0 bridgehead atoms. The van der Waals surface area contributed by atoms with Crippen molar-refractivity contribution < 1.29 is 18.0 Å². The number of rotatable bonds is 4. The molecule has 0 aromatic heterocycles. The van der Waals surface area contributed by atoms with Gasteiger partial charge in [-0.05, 0) is 37.4 Å². The predicted octanol–water partition coefficient (Wildman–Crippen LogP) is 3.53. The van der Waals surface area contributed by atoms with Gasteiger partial charge in [0.15, 0.2) is 0 Å². The van der Waals surface area contributed by atoms with Gasteiger partial charge in [-0.3, -0.25) is 4.79 Å². The lowest BCUT2D eigenvalue weighted by atomic mass is 10.1. The second-order valence-electron chi connectivity index (χ2n) is 4.30. The summed E-state index contributed by atoms with van der Waals surface area (Å²) in [5.74, 6) is 0.512. The minimum absolute atomic E-state index is 0.0322. The van der Waals surface area contributed by atoms with Gasteiger partial charge in [0.1, 0.15) is 0 Å². The Hall–Kier alpha value is -1.17. The molecule has 0 aliphatic carbocycles. The number of carbonyl (C=O) groups is 1. The van der Waals surface area contributed by atoms with Crippen LogP contribution in [0.4, 0.5) is 13.2 Å². The van der Waals surface area contributed by atoms with Crippen molar-refractivity contribution in [1.82, 2.24) is 4.90 Å². The van der Waals surface area contributed by atoms with Crippen molar-refractivity contribution in [2.45, 2.75) is 19.1 Å². The van der Waals surface area contributed by atoms with Gasteiger partial charge in [-0.25, -0.2) is 0 Å². The molecule has 0 saturated carbocycles. The predicted molar refractivity (Wildman–Crippen MR) is 71.4 cm³/mol. The average molecular weight is 291 g/mol. The van der Waals surface area contributed by atoms with Crippen molar-refractivity contribution in [3.8, 4) is 0 Å². The Balaban J connectivity index is 2.84. The Morgan fingerprint density at radius 2 is 1.84 bits per heavy atom. The summed E-state index contributed by atoms with van der Waals surface area (Å²) in [6.45, 7) is 1.90. The minimum atomic E-state index is -4.38. The molecule has 106 valence electrons. The number of nitrogens with zero attached hydrogens (tertiary/aromatic N) is 1. The Morgan fingerprint density at radius 3 is 2.26 bits per heavy atom. The number of thioether (sulfide) groups is 1. The zero-order valence-electron chi connectivity index (χ0n) is 11.0. The van der Waals surface area contributed by atoms with Crippen LogP contribution < -0.4 is 0 Å². The lowest BCUT2D eigenvalue weighted by Gasteiger charge is -2.24. The molecule has 0 aliphatic rings. The van der Waals surface area contributed by atoms with E-state index >= 15 is 0 Å². The molecule has 0 fully saturated rings. The second-order valence-corrected chi connectivity index (χ2v) is 5.21. The number of benzene rings is 1. The van der Waals surface area contributed by atoms with Gasteiger partial charge in [-0.2, -0.15) is 24.9 Å². The molecule has 1 rings (SSSR count). The maximum atomic E-state index is 12.4. The van der Waals surface area contributed by atoms with Gasteiger partial charge in [-0.15, -0.1) is 0 Å². The highest BCUT2D eigenvalue weighted by Gasteiger charge is 2.30. The highest BCUT2D eigenvalue weighted by molar-refractivity contribution is 7.98. The van der Waals surface area contributed by atoms with E-state index in [-0.39, 0.29) is 17.5 Å². The summed E-state index contributed by atoms with van der Waals surface area (Å²) in [4.78, 5) is 13.6. The SMILES string of the molecule is CSC[C@H](C)N(C)C(=O)c1ccc(C(F)(F)F)cc1. The van der Waals surface area contributed by atoms with E-state index in [4.69, 9.17) is 0 Å². The first-order valence-corrected chi connectivity index (χ1v) is 7.10. The van der Waals surface area contributed by atoms with Crippen LogP contribution in [0.2, 0.25) is 0 Å². The fraction of sp³-hybridized carbons (Fsp3) is 0.462. The number of halogens is 3. The van der Waals surface area contributed by atoms with Gasteiger partial charge >= 0.3 is 6.18 Å². The second kappa shape index (κ2) is 6.32. The van der Waals surface area contributed by atoms with E-state index in [1.165, 1.54) is 12.1 Å². The molecule has 19 heavy (non-hydrogen) atoms. The van der Waals surface area contributed by atoms with E-state index in [0.29, 0.717) is 0 Å². The first-order valence-electron chi connectivity index (χ1n) is 5.70. The molecule has 1 aromatic carbocycles. The van der Waals surface area contributed by atoms with Crippen LogP contribution in [-0.2, 0) is 6.18 Å². The van der Waals surface area contributed by atoms with E-state index in [2.05, 4.69) is 0 Å². The summed E-state index contributed by atoms with van der Waals surface area (Å²) < 4.78 is 37.2. The third-order valence-electron chi connectivity index (χ3n) is 2.85. The number of carbonyl (C=O) groups excluding carboxylic acids is 1. The topological polar surface area (TPSA) is 20.3 Å². The van der Waals surface area contributed by atoms with Gasteiger partial charge in [0, 0.05) is 24.4 Å². The fourth-order valence-corrected chi connectivity index (χ4v) is 2.26. The zero-order valence-corrected chi connectivity index (χ0v) is 11.8. The number of hydrogen-bond donors (Lipinski definition) is 0. The van der Waals surface area contributed by atoms with Crippen LogP contribution in [0, 0.1) is 0 Å². The molecule has 0 aliphatic heterocycles. The van der Waals surface area contributed by atoms with Crippen molar-refractivity contribution in [3.05, 3.63) is 35.4 Å². The normalized spacial score (nSPS) is 13.2. The van der Waals surface area contributed by atoms with E-state index in [1.807, 2.05) is 13.2 Å². The molecule has 0 N–H and O–H groups in total. The van der Waals surface area contributed by atoms with Gasteiger partial charge in [0.25, 0.3) is 5.91 Å². The molecular weight excluding hydrogens is 275 g/mol. The highest BCUT2D eigenvalue weighted by atomic mass is 32.2. The Bertz CT molecular complexity index is 431. The lowest BCUT2D eigenvalue weighted by molar-refractivity contribution is -0.137. The minimum Gasteiger partial charge on any atom is -0.338 e. The summed E-state index contributed by atoms with van der Waals surface area (Å²) in [7, 11) is 1.65. The standard InChI is InChI=1S/C13H16F3NOS/c1-9(8-19-3)17(2)12(18)10-4-6-11(7-5-10)13(14,15)16/h4-7,9H,8H2,1-3H3/t9-/m0/s1. The number of alkyl halides is 3. The van der Waals surface area contributed by atoms with Gasteiger partial charge < -0.3 is 4.90 Å². The Labute approximate surface area is 115 Å². The molecule has 0 spiro atoms. The molecule has 0 unspecified atom stereocenters. The van der Waals surface area contributed by atoms with Crippen LogP contribution in [0.1, 0.15) is 22.8 Å². The Morgan fingerprint density at radius 1 is 1.32 bits per heavy atom. The number of amides is 1. The summed E-state index contributed by atoms with van der Waals surface area (Å²) in [5.41, 5.74) is -0.479. The highest BCUT2D eigenvalue weighted by Crippen LogP contribution is 2.29. The van der Waals surface area contributed by atoms with Crippen LogP contribution in [0.15, 0.2) is 24.3 Å². The fourth-order valence-electron chi connectivity index (χ4n) is 1.56. The van der Waals surface area contributed by atoms with Crippen LogP contribution in [0.5, 0.6) is 0 Å². The third kappa shape index (κ3) is 4.16. The van der Waals surface area contributed by atoms with E-state index in [1.54, 1.807) is 23.7 Å². The summed E-state index contributed by atoms with van der Waals surface area (Å²) in [6.07, 6.45) is -2.44. The largest absolute Gasteiger partial charge is 0.416 e. The van der Waals surface area contributed by atoms with Crippen molar-refractivity contribution in [2.24, 2.45) is 0 Å². The van der Waals surface area contributed by atoms with Crippen molar-refractivity contribution in [1.29, 1.82) is 0 Å². The average Bonchev–Trinajstić information content (AvgIpc) is 2.36. The molecule has 2 nitrogen and oxygen atoms in total. The van der Waals surface area contributed by atoms with Gasteiger partial charge in [0.05, 0.1) is 5.56 Å². The van der Waals surface area contributed by atoms with Crippen molar-refractivity contribution in [2.75, 3.05) is 19.1 Å². The number of hydrogen-bond acceptors (Lipinski definition) is 2. The molecular formula is C13H16F3NOS. The monoisotopic (exact) mass is 291 g/mol. The first-order chi connectivity index (χ1) is 8.77. The Kier molecular flexibility index (Phi) is 5.29. The maximum absolute atomic E-state index is 12.4. The first kappa shape index (κ1) is 15.9. The van der Waals surface area contributed by atoms with Crippen LogP contribution in [-0.4, -0.2) is 35.9 Å². The van der Waals surface area contributed by atoms with Crippen LogP contribution in [0.25, 0.3) is 0 Å². The quantitative estimate of drug-likeness (QED) is 0.846. The molecule has 0 heterocycles. The molecule has 0 saturated heterocycles. The molecule has 6 heteroatoms. The smallest absolute Gasteiger partial charge is 0.338 e. The van der Waals surface area contributed by atoms with E-state index in [9.17, 15) is 18.0 Å². The van der Waals surface area contributed by atoms with Gasteiger partial charge in [-0.1, -0.05) is 0 Å². The molecule has 0 radical (unpaired) electrons. The summed E-state index contributed by atoms with van der Waals surface area (Å²) in [6, 6.07) is 4.33. The molecule has 1 aromatic rings. The van der Waals surface area contributed by atoms with Crippen molar-refractivity contribution in [3.63, 3.8) is 0 Å². The lowest BCUT2D eigenvalue weighted by Crippen LogP contribution is -2.36. The third-order valence-corrected chi connectivity index (χ3v) is 3.66. The zero-order chi connectivity index (χ0) is 14.6. The van der Waals surface area contributed by atoms with Gasteiger partial charge in [0.2, 0.25) is 0 Å².